The van der Waals surface area contributed by atoms with Crippen LogP contribution in [0.4, 0.5) is 0 Å². The van der Waals surface area contributed by atoms with Crippen LogP contribution in [0.5, 0.6) is 0 Å². The van der Waals surface area contributed by atoms with Gasteiger partial charge in [0.05, 0.1) is 10.2 Å². The minimum absolute atomic E-state index is 1.03. The molecule has 2 nitrogen and oxygen atoms in total. The highest BCUT2D eigenvalue weighted by atomic mass is 32.1. The Kier molecular flexibility index (Phi) is 3.47. The van der Waals surface area contributed by atoms with E-state index in [9.17, 15) is 0 Å². The molecule has 0 N–H and O–H groups in total. The zero-order valence-corrected chi connectivity index (χ0v) is 11.0. The van der Waals surface area contributed by atoms with Crippen LogP contribution in [0.1, 0.15) is 10.6 Å². The van der Waals surface area contributed by atoms with Gasteiger partial charge in [0.1, 0.15) is 5.01 Å². The number of aromatic nitrogens is 2. The lowest BCUT2D eigenvalue weighted by Gasteiger charge is -1.87. The molecule has 19 heavy (non-hydrogen) atoms. The molecule has 2 aromatic heterocycles. The second kappa shape index (κ2) is 5.59. The lowest BCUT2D eigenvalue weighted by molar-refractivity contribution is 1.32. The fourth-order valence-electron chi connectivity index (χ4n) is 1.74. The average Bonchev–Trinajstić information content (AvgIpc) is 2.87. The Morgan fingerprint density at radius 1 is 0.947 bits per heavy atom. The summed E-state index contributed by atoms with van der Waals surface area (Å²) in [5, 5.41) is 1.03. The van der Waals surface area contributed by atoms with Gasteiger partial charge in [0, 0.05) is 12.4 Å². The molecule has 92 valence electrons. The molecule has 0 fully saturated rings. The molecule has 0 unspecified atom stereocenters. The molecule has 3 rings (SSSR count). The van der Waals surface area contributed by atoms with Gasteiger partial charge in [-0.2, -0.15) is 0 Å². The van der Waals surface area contributed by atoms with Crippen LogP contribution in [-0.2, 0) is 0 Å². The summed E-state index contributed by atoms with van der Waals surface area (Å²) in [6, 6.07) is 12.1. The molecule has 0 radical (unpaired) electrons. The van der Waals surface area contributed by atoms with Gasteiger partial charge in [0.2, 0.25) is 0 Å². The highest BCUT2D eigenvalue weighted by molar-refractivity contribution is 7.19. The molecule has 3 aromatic rings. The molecule has 0 atom stereocenters. The van der Waals surface area contributed by atoms with Crippen LogP contribution in [0.3, 0.4) is 0 Å². The first-order valence-electron chi connectivity index (χ1n) is 6.02. The van der Waals surface area contributed by atoms with Crippen LogP contribution in [0.2, 0.25) is 0 Å². The summed E-state index contributed by atoms with van der Waals surface area (Å²) in [6.07, 6.45) is 11.7. The van der Waals surface area contributed by atoms with Gasteiger partial charge >= 0.3 is 0 Å². The van der Waals surface area contributed by atoms with E-state index in [1.165, 1.54) is 4.70 Å². The summed E-state index contributed by atoms with van der Waals surface area (Å²) in [7, 11) is 0. The van der Waals surface area contributed by atoms with Gasteiger partial charge in [0.15, 0.2) is 0 Å². The van der Waals surface area contributed by atoms with Crippen molar-refractivity contribution in [1.29, 1.82) is 0 Å². The smallest absolute Gasteiger partial charge is 0.117 e. The van der Waals surface area contributed by atoms with E-state index in [0.717, 1.165) is 16.1 Å². The Morgan fingerprint density at radius 3 is 2.68 bits per heavy atom. The number of allylic oxidation sites excluding steroid dienone is 2. The summed E-state index contributed by atoms with van der Waals surface area (Å²) in [4.78, 5) is 8.61. The highest BCUT2D eigenvalue weighted by Crippen LogP contribution is 2.22. The standard InChI is InChI=1S/C16H12N2S/c1(6-13-7-5-11-17-12-13)4-10-16-18-14-8-2-3-9-15(14)19-16/h1-12H/b6-1+,10-4+. The average molecular weight is 264 g/mol. The summed E-state index contributed by atoms with van der Waals surface area (Å²) in [6.45, 7) is 0. The van der Waals surface area contributed by atoms with Gasteiger partial charge in [-0.15, -0.1) is 11.3 Å². The third-order valence-corrected chi connectivity index (χ3v) is 3.64. The predicted molar refractivity (Wildman–Crippen MR) is 81.9 cm³/mol. The topological polar surface area (TPSA) is 25.8 Å². The number of pyridine rings is 1. The van der Waals surface area contributed by atoms with E-state index < -0.39 is 0 Å². The number of hydrogen-bond donors (Lipinski definition) is 0. The van der Waals surface area contributed by atoms with Crippen LogP contribution >= 0.6 is 11.3 Å². The van der Waals surface area contributed by atoms with E-state index in [2.05, 4.69) is 16.0 Å². The molecule has 0 amide bonds. The maximum atomic E-state index is 4.54. The molecule has 0 spiro atoms. The van der Waals surface area contributed by atoms with Crippen LogP contribution < -0.4 is 0 Å². The summed E-state index contributed by atoms with van der Waals surface area (Å²) >= 11 is 1.70. The fraction of sp³-hybridized carbons (Fsp3) is 0. The third-order valence-electron chi connectivity index (χ3n) is 2.63. The first-order valence-corrected chi connectivity index (χ1v) is 6.84. The lowest BCUT2D eigenvalue weighted by atomic mass is 10.2. The number of thiazole rings is 1. The van der Waals surface area contributed by atoms with Crippen molar-refractivity contribution in [2.24, 2.45) is 0 Å². The lowest BCUT2D eigenvalue weighted by Crippen LogP contribution is -1.72. The van der Waals surface area contributed by atoms with Crippen molar-refractivity contribution in [2.45, 2.75) is 0 Å². The van der Waals surface area contributed by atoms with E-state index >= 15 is 0 Å². The molecule has 0 saturated carbocycles. The minimum atomic E-state index is 1.03. The fourth-order valence-corrected chi connectivity index (χ4v) is 2.62. The van der Waals surface area contributed by atoms with Crippen LogP contribution in [0.15, 0.2) is 60.9 Å². The van der Waals surface area contributed by atoms with Crippen molar-refractivity contribution in [3.05, 3.63) is 71.5 Å². The molecular weight excluding hydrogens is 252 g/mol. The molecule has 0 bridgehead atoms. The van der Waals surface area contributed by atoms with Crippen LogP contribution in [0.25, 0.3) is 22.4 Å². The van der Waals surface area contributed by atoms with E-state index in [4.69, 9.17) is 0 Å². The molecule has 0 aliphatic carbocycles. The highest BCUT2D eigenvalue weighted by Gasteiger charge is 1.98. The maximum absolute atomic E-state index is 4.54. The molecular formula is C16H12N2S. The predicted octanol–water partition coefficient (Wildman–Crippen LogP) is 4.42. The van der Waals surface area contributed by atoms with E-state index in [1.54, 1.807) is 17.5 Å². The minimum Gasteiger partial charge on any atom is -0.264 e. The Labute approximate surface area is 115 Å². The Balaban J connectivity index is 1.74. The quantitative estimate of drug-likeness (QED) is 0.654. The van der Waals surface area contributed by atoms with E-state index in [-0.39, 0.29) is 0 Å². The van der Waals surface area contributed by atoms with Gasteiger partial charge in [0.25, 0.3) is 0 Å². The van der Waals surface area contributed by atoms with Crippen molar-refractivity contribution >= 4 is 33.7 Å². The normalized spacial score (nSPS) is 11.8. The first kappa shape index (κ1) is 11.8. The maximum Gasteiger partial charge on any atom is 0.117 e. The van der Waals surface area contributed by atoms with Crippen molar-refractivity contribution in [3.63, 3.8) is 0 Å². The van der Waals surface area contributed by atoms with Gasteiger partial charge in [-0.25, -0.2) is 4.98 Å². The molecule has 1 aromatic carbocycles. The van der Waals surface area contributed by atoms with Gasteiger partial charge in [-0.05, 0) is 29.8 Å². The Morgan fingerprint density at radius 2 is 1.84 bits per heavy atom. The molecule has 0 aliphatic heterocycles. The van der Waals surface area contributed by atoms with Crippen LogP contribution in [-0.4, -0.2) is 9.97 Å². The first-order chi connectivity index (χ1) is 9.42. The number of nitrogens with zero attached hydrogens (tertiary/aromatic N) is 2. The monoisotopic (exact) mass is 264 g/mol. The zero-order valence-electron chi connectivity index (χ0n) is 10.2. The SMILES string of the molecule is C(/C=C/c1nc2ccccc2s1)=C\c1cccnc1. The number of para-hydroxylation sites is 1. The number of fused-ring (bicyclic) bond motifs is 1. The van der Waals surface area contributed by atoms with Crippen LogP contribution in [0, 0.1) is 0 Å². The molecule has 2 heterocycles. The number of hydrogen-bond acceptors (Lipinski definition) is 3. The second-order valence-electron chi connectivity index (χ2n) is 4.02. The van der Waals surface area contributed by atoms with Crippen molar-refractivity contribution in [2.75, 3.05) is 0 Å². The van der Waals surface area contributed by atoms with E-state index in [1.807, 2.05) is 60.8 Å². The molecule has 0 aliphatic rings. The zero-order chi connectivity index (χ0) is 12.9. The number of rotatable bonds is 3. The Bertz CT molecular complexity index is 694. The molecule has 0 saturated heterocycles. The second-order valence-corrected chi connectivity index (χ2v) is 5.09. The number of benzene rings is 1. The van der Waals surface area contributed by atoms with Gasteiger partial charge < -0.3 is 0 Å². The molecule has 3 heteroatoms. The summed E-state index contributed by atoms with van der Waals surface area (Å²) < 4.78 is 1.22. The third kappa shape index (κ3) is 2.95. The largest absolute Gasteiger partial charge is 0.264 e. The van der Waals surface area contributed by atoms with Crippen molar-refractivity contribution in [3.8, 4) is 0 Å². The summed E-state index contributed by atoms with van der Waals surface area (Å²) in [5.41, 5.74) is 2.15. The van der Waals surface area contributed by atoms with E-state index in [0.29, 0.717) is 0 Å². The van der Waals surface area contributed by atoms with Gasteiger partial charge in [-0.1, -0.05) is 36.4 Å². The van der Waals surface area contributed by atoms with Gasteiger partial charge in [-0.3, -0.25) is 4.98 Å². The summed E-state index contributed by atoms with van der Waals surface area (Å²) in [5.74, 6) is 0. The van der Waals surface area contributed by atoms with Crippen molar-refractivity contribution < 1.29 is 0 Å². The van der Waals surface area contributed by atoms with Crippen molar-refractivity contribution in [1.82, 2.24) is 9.97 Å². The Hall–Kier alpha value is -2.26.